The van der Waals surface area contributed by atoms with Crippen LogP contribution in [-0.2, 0) is 5.41 Å². The third-order valence-corrected chi connectivity index (χ3v) is 3.80. The quantitative estimate of drug-likeness (QED) is 0.901. The van der Waals surface area contributed by atoms with Crippen LogP contribution in [0.15, 0.2) is 6.20 Å². The van der Waals surface area contributed by atoms with E-state index in [1.807, 2.05) is 20.8 Å². The molecule has 0 aliphatic carbocycles. The van der Waals surface area contributed by atoms with E-state index < -0.39 is 0 Å². The summed E-state index contributed by atoms with van der Waals surface area (Å²) < 4.78 is 3.63. The van der Waals surface area contributed by atoms with Crippen molar-refractivity contribution >= 4 is 33.9 Å². The van der Waals surface area contributed by atoms with E-state index in [-0.39, 0.29) is 11.3 Å². The number of rotatable bonds is 2. The number of carbonyl (C=O) groups is 1. The Kier molecular flexibility index (Phi) is 3.16. The summed E-state index contributed by atoms with van der Waals surface area (Å²) in [6, 6.07) is 0. The van der Waals surface area contributed by atoms with Crippen LogP contribution in [-0.4, -0.2) is 25.7 Å². The van der Waals surface area contributed by atoms with Gasteiger partial charge in [-0.05, 0) is 11.5 Å². The standard InChI is InChI=1S/C9H11N5OS2/c1-9(2,3)7-12-13-8(16-7)11-6(15)5-4-10-14-17-5/h4H,1-3H3,(H,11,13,15). The van der Waals surface area contributed by atoms with Crippen molar-refractivity contribution < 1.29 is 4.79 Å². The molecule has 0 atom stereocenters. The van der Waals surface area contributed by atoms with Gasteiger partial charge in [0.1, 0.15) is 9.88 Å². The molecule has 1 amide bonds. The molecule has 0 aliphatic heterocycles. The first-order chi connectivity index (χ1) is 7.97. The topological polar surface area (TPSA) is 80.7 Å². The molecule has 2 aromatic heterocycles. The Balaban J connectivity index is 2.10. The van der Waals surface area contributed by atoms with Gasteiger partial charge in [-0.3, -0.25) is 10.1 Å². The molecular weight excluding hydrogens is 258 g/mol. The van der Waals surface area contributed by atoms with Gasteiger partial charge in [0, 0.05) is 5.41 Å². The highest BCUT2D eigenvalue weighted by molar-refractivity contribution is 7.15. The third-order valence-electron chi connectivity index (χ3n) is 1.87. The number of nitrogens with zero attached hydrogens (tertiary/aromatic N) is 4. The monoisotopic (exact) mass is 269 g/mol. The first-order valence-corrected chi connectivity index (χ1v) is 6.48. The lowest BCUT2D eigenvalue weighted by Crippen LogP contribution is -2.10. The van der Waals surface area contributed by atoms with Crippen molar-refractivity contribution in [3.63, 3.8) is 0 Å². The van der Waals surface area contributed by atoms with Crippen LogP contribution in [0.5, 0.6) is 0 Å². The van der Waals surface area contributed by atoms with Crippen molar-refractivity contribution in [3.8, 4) is 0 Å². The number of nitrogens with one attached hydrogen (secondary N) is 1. The Labute approximate surface area is 106 Å². The summed E-state index contributed by atoms with van der Waals surface area (Å²) in [6.07, 6.45) is 1.42. The molecule has 0 saturated carbocycles. The first-order valence-electron chi connectivity index (χ1n) is 4.89. The number of hydrogen-bond donors (Lipinski definition) is 1. The average molecular weight is 269 g/mol. The predicted molar refractivity (Wildman–Crippen MR) is 66.5 cm³/mol. The summed E-state index contributed by atoms with van der Waals surface area (Å²) in [5.74, 6) is -0.253. The van der Waals surface area contributed by atoms with E-state index in [0.29, 0.717) is 10.0 Å². The van der Waals surface area contributed by atoms with Gasteiger partial charge in [-0.25, -0.2) is 0 Å². The van der Waals surface area contributed by atoms with Crippen LogP contribution in [0.1, 0.15) is 35.5 Å². The van der Waals surface area contributed by atoms with Gasteiger partial charge in [-0.1, -0.05) is 36.6 Å². The van der Waals surface area contributed by atoms with E-state index in [1.54, 1.807) is 0 Å². The van der Waals surface area contributed by atoms with Crippen molar-refractivity contribution in [1.82, 2.24) is 19.8 Å². The summed E-state index contributed by atoms with van der Waals surface area (Å²) in [5, 5.41) is 15.6. The Morgan fingerprint density at radius 3 is 2.65 bits per heavy atom. The highest BCUT2D eigenvalue weighted by Crippen LogP contribution is 2.27. The Bertz CT molecular complexity index is 514. The van der Waals surface area contributed by atoms with Gasteiger partial charge >= 0.3 is 0 Å². The van der Waals surface area contributed by atoms with Gasteiger partial charge in [0.25, 0.3) is 5.91 Å². The van der Waals surface area contributed by atoms with E-state index >= 15 is 0 Å². The molecule has 0 radical (unpaired) electrons. The molecule has 6 nitrogen and oxygen atoms in total. The molecule has 0 aliphatic rings. The second-order valence-corrected chi connectivity index (χ2v) is 6.16. The van der Waals surface area contributed by atoms with Gasteiger partial charge in [0.15, 0.2) is 0 Å². The minimum Gasteiger partial charge on any atom is -0.296 e. The van der Waals surface area contributed by atoms with Crippen LogP contribution in [0.3, 0.4) is 0 Å². The highest BCUT2D eigenvalue weighted by atomic mass is 32.1. The normalized spacial score (nSPS) is 11.5. The predicted octanol–water partition coefficient (Wildman–Crippen LogP) is 1.94. The number of amides is 1. The fourth-order valence-corrected chi connectivity index (χ4v) is 2.21. The molecule has 0 fully saturated rings. The highest BCUT2D eigenvalue weighted by Gasteiger charge is 2.20. The molecule has 90 valence electrons. The van der Waals surface area contributed by atoms with Crippen LogP contribution in [0.4, 0.5) is 5.13 Å². The van der Waals surface area contributed by atoms with Crippen molar-refractivity contribution in [3.05, 3.63) is 16.1 Å². The molecule has 0 unspecified atom stereocenters. The Morgan fingerprint density at radius 2 is 2.12 bits per heavy atom. The molecule has 0 aromatic carbocycles. The van der Waals surface area contributed by atoms with Gasteiger partial charge < -0.3 is 0 Å². The van der Waals surface area contributed by atoms with Crippen LogP contribution in [0.25, 0.3) is 0 Å². The second kappa shape index (κ2) is 4.46. The van der Waals surface area contributed by atoms with Gasteiger partial charge in [0.05, 0.1) is 6.20 Å². The van der Waals surface area contributed by atoms with Gasteiger partial charge in [0.2, 0.25) is 5.13 Å². The van der Waals surface area contributed by atoms with Crippen LogP contribution in [0.2, 0.25) is 0 Å². The molecule has 2 aromatic rings. The zero-order chi connectivity index (χ0) is 12.5. The van der Waals surface area contributed by atoms with Crippen LogP contribution < -0.4 is 5.32 Å². The molecule has 2 rings (SSSR count). The second-order valence-electron chi connectivity index (χ2n) is 4.40. The molecule has 2 heterocycles. The van der Waals surface area contributed by atoms with Crippen LogP contribution >= 0.6 is 22.9 Å². The average Bonchev–Trinajstić information content (AvgIpc) is 2.85. The lowest BCUT2D eigenvalue weighted by molar-refractivity contribution is 0.103. The fourth-order valence-electron chi connectivity index (χ4n) is 1.00. The van der Waals surface area contributed by atoms with Crippen molar-refractivity contribution in [2.75, 3.05) is 5.32 Å². The molecule has 0 spiro atoms. The van der Waals surface area contributed by atoms with Crippen molar-refractivity contribution in [1.29, 1.82) is 0 Å². The maximum atomic E-state index is 11.7. The maximum Gasteiger partial charge on any atom is 0.270 e. The first kappa shape index (κ1) is 12.1. The lowest BCUT2D eigenvalue weighted by Gasteiger charge is -2.12. The molecular formula is C9H11N5OS2. The Morgan fingerprint density at radius 1 is 1.35 bits per heavy atom. The summed E-state index contributed by atoms with van der Waals surface area (Å²) in [7, 11) is 0. The van der Waals surface area contributed by atoms with Gasteiger partial charge in [-0.15, -0.1) is 15.3 Å². The fraction of sp³-hybridized carbons (Fsp3) is 0.444. The van der Waals surface area contributed by atoms with E-state index in [1.165, 1.54) is 17.5 Å². The molecule has 17 heavy (non-hydrogen) atoms. The van der Waals surface area contributed by atoms with Crippen molar-refractivity contribution in [2.45, 2.75) is 26.2 Å². The molecule has 8 heteroatoms. The molecule has 0 bridgehead atoms. The zero-order valence-corrected chi connectivity index (χ0v) is 11.2. The Hall–Kier alpha value is -1.41. The van der Waals surface area contributed by atoms with Gasteiger partial charge in [-0.2, -0.15) is 0 Å². The third kappa shape index (κ3) is 2.83. The SMILES string of the molecule is CC(C)(C)c1nnc(NC(=O)c2cnns2)s1. The summed E-state index contributed by atoms with van der Waals surface area (Å²) in [6.45, 7) is 6.14. The largest absolute Gasteiger partial charge is 0.296 e. The van der Waals surface area contributed by atoms with E-state index in [9.17, 15) is 4.79 Å². The zero-order valence-electron chi connectivity index (χ0n) is 9.59. The smallest absolute Gasteiger partial charge is 0.270 e. The maximum absolute atomic E-state index is 11.7. The summed E-state index contributed by atoms with van der Waals surface area (Å²) >= 11 is 2.42. The number of hydrogen-bond acceptors (Lipinski definition) is 7. The molecule has 1 N–H and O–H groups in total. The van der Waals surface area contributed by atoms with E-state index in [4.69, 9.17) is 0 Å². The number of carbonyl (C=O) groups excluding carboxylic acids is 1. The summed E-state index contributed by atoms with van der Waals surface area (Å²) in [4.78, 5) is 12.1. The van der Waals surface area contributed by atoms with E-state index in [2.05, 4.69) is 25.1 Å². The minimum atomic E-state index is -0.253. The van der Waals surface area contributed by atoms with Crippen LogP contribution in [0, 0.1) is 0 Å². The molecule has 0 saturated heterocycles. The lowest BCUT2D eigenvalue weighted by atomic mass is 9.98. The number of anilines is 1. The van der Waals surface area contributed by atoms with Crippen molar-refractivity contribution in [2.24, 2.45) is 0 Å². The number of aromatic nitrogens is 4. The summed E-state index contributed by atoms with van der Waals surface area (Å²) in [5.41, 5.74) is -0.0628. The van der Waals surface area contributed by atoms with E-state index in [0.717, 1.165) is 16.5 Å². The minimum absolute atomic E-state index is 0.0628.